The Morgan fingerprint density at radius 2 is 1.80 bits per heavy atom. The number of carbonyl (C=O) groups is 2. The van der Waals surface area contributed by atoms with E-state index in [4.69, 9.17) is 4.74 Å². The van der Waals surface area contributed by atoms with Gasteiger partial charge >= 0.3 is 6.09 Å². The molecule has 7 nitrogen and oxygen atoms in total. The lowest BCUT2D eigenvalue weighted by Crippen LogP contribution is -2.50. The first-order valence-electron chi connectivity index (χ1n) is 8.74. The quantitative estimate of drug-likeness (QED) is 0.781. The molecule has 0 saturated carbocycles. The van der Waals surface area contributed by atoms with E-state index in [-0.39, 0.29) is 18.0 Å². The Bertz CT molecular complexity index is 688. The first-order chi connectivity index (χ1) is 11.6. The summed E-state index contributed by atoms with van der Waals surface area (Å²) in [4.78, 5) is 37.4. The highest BCUT2D eigenvalue weighted by Gasteiger charge is 2.49. The van der Waals surface area contributed by atoms with Crippen molar-refractivity contribution < 1.29 is 14.3 Å². The third-order valence-electron chi connectivity index (χ3n) is 4.73. The second-order valence-electron chi connectivity index (χ2n) is 8.23. The number of amides is 2. The van der Waals surface area contributed by atoms with Crippen LogP contribution in [0.3, 0.4) is 0 Å². The highest BCUT2D eigenvalue weighted by Crippen LogP contribution is 2.41. The zero-order valence-electron chi connectivity index (χ0n) is 15.6. The van der Waals surface area contributed by atoms with Crippen molar-refractivity contribution >= 4 is 17.8 Å². The maximum atomic E-state index is 12.9. The summed E-state index contributed by atoms with van der Waals surface area (Å²) in [6.45, 7) is 10.5. The van der Waals surface area contributed by atoms with Crippen LogP contribution in [0.5, 0.6) is 0 Å². The molecule has 0 bridgehead atoms. The molecule has 0 aromatic carbocycles. The summed E-state index contributed by atoms with van der Waals surface area (Å²) in [5, 5.41) is 0. The van der Waals surface area contributed by atoms with Gasteiger partial charge in [-0.1, -0.05) is 0 Å². The van der Waals surface area contributed by atoms with Crippen molar-refractivity contribution in [2.24, 2.45) is 0 Å². The lowest BCUT2D eigenvalue weighted by atomic mass is 9.90. The summed E-state index contributed by atoms with van der Waals surface area (Å²) in [6, 6.07) is 0.0309. The Balaban J connectivity index is 1.72. The van der Waals surface area contributed by atoms with Crippen molar-refractivity contribution in [3.05, 3.63) is 18.1 Å². The second kappa shape index (κ2) is 5.97. The molecule has 3 rings (SSSR count). The van der Waals surface area contributed by atoms with Gasteiger partial charge in [0.05, 0.1) is 11.1 Å². The van der Waals surface area contributed by atoms with E-state index in [9.17, 15) is 9.59 Å². The minimum absolute atomic E-state index is 0.0309. The molecule has 2 amide bonds. The summed E-state index contributed by atoms with van der Waals surface area (Å²) in [6.07, 6.45) is 4.37. The van der Waals surface area contributed by atoms with Crippen LogP contribution in [0.15, 0.2) is 12.4 Å². The molecule has 1 aromatic heterocycles. The van der Waals surface area contributed by atoms with Crippen molar-refractivity contribution in [3.63, 3.8) is 0 Å². The Labute approximate surface area is 148 Å². The van der Waals surface area contributed by atoms with Crippen LogP contribution in [-0.2, 0) is 14.9 Å². The number of likely N-dealkylation sites (tertiary alicyclic amines) is 1. The fraction of sp³-hybridized carbons (Fsp3) is 0.667. The van der Waals surface area contributed by atoms with Gasteiger partial charge in [-0.05, 0) is 47.5 Å². The van der Waals surface area contributed by atoms with E-state index >= 15 is 0 Å². The Kier molecular flexibility index (Phi) is 4.21. The average molecular weight is 346 g/mol. The highest BCUT2D eigenvalue weighted by atomic mass is 16.6. The molecule has 0 unspecified atom stereocenters. The number of aromatic nitrogens is 2. The largest absolute Gasteiger partial charge is 0.444 e. The molecule has 2 aliphatic rings. The molecule has 2 aliphatic heterocycles. The van der Waals surface area contributed by atoms with Gasteiger partial charge < -0.3 is 9.64 Å². The van der Waals surface area contributed by atoms with Crippen molar-refractivity contribution in [2.45, 2.75) is 64.5 Å². The van der Waals surface area contributed by atoms with E-state index in [1.165, 1.54) is 0 Å². The normalized spacial score (nSPS) is 20.6. The zero-order valence-corrected chi connectivity index (χ0v) is 15.6. The van der Waals surface area contributed by atoms with Gasteiger partial charge in [0.1, 0.15) is 5.60 Å². The van der Waals surface area contributed by atoms with Gasteiger partial charge in [-0.2, -0.15) is 0 Å². The molecule has 0 spiro atoms. The van der Waals surface area contributed by atoms with Crippen LogP contribution in [0.2, 0.25) is 0 Å². The van der Waals surface area contributed by atoms with Crippen LogP contribution >= 0.6 is 0 Å². The van der Waals surface area contributed by atoms with Crippen LogP contribution in [0.25, 0.3) is 0 Å². The SMILES string of the molecule is CC(C)(C)OC(=O)N1CCC(N2C(=O)C(C)(C)c3nccnc32)CC1. The first-order valence-corrected chi connectivity index (χ1v) is 8.74. The fourth-order valence-electron chi connectivity index (χ4n) is 3.42. The van der Waals surface area contributed by atoms with E-state index in [1.54, 1.807) is 22.2 Å². The topological polar surface area (TPSA) is 75.6 Å². The summed E-state index contributed by atoms with van der Waals surface area (Å²) >= 11 is 0. The Morgan fingerprint density at radius 1 is 1.20 bits per heavy atom. The number of fused-ring (bicyclic) bond motifs is 1. The average Bonchev–Trinajstić information content (AvgIpc) is 2.73. The molecule has 0 N–H and O–H groups in total. The van der Waals surface area contributed by atoms with Crippen LogP contribution < -0.4 is 4.90 Å². The fourth-order valence-corrected chi connectivity index (χ4v) is 3.42. The molecular formula is C18H26N4O3. The maximum Gasteiger partial charge on any atom is 0.410 e. The van der Waals surface area contributed by atoms with Gasteiger partial charge in [-0.15, -0.1) is 0 Å². The predicted molar refractivity (Wildman–Crippen MR) is 93.4 cm³/mol. The van der Waals surface area contributed by atoms with Crippen LogP contribution in [-0.4, -0.2) is 51.6 Å². The lowest BCUT2D eigenvalue weighted by molar-refractivity contribution is -0.122. The number of carbonyl (C=O) groups excluding carboxylic acids is 2. The van der Waals surface area contributed by atoms with E-state index < -0.39 is 11.0 Å². The molecule has 1 aromatic rings. The lowest BCUT2D eigenvalue weighted by Gasteiger charge is -2.37. The van der Waals surface area contributed by atoms with Gasteiger partial charge in [0.2, 0.25) is 5.91 Å². The smallest absolute Gasteiger partial charge is 0.410 e. The molecule has 136 valence electrons. The standard InChI is InChI=1S/C18H26N4O3/c1-17(2,3)25-16(24)21-10-6-12(7-11-21)22-14-13(19-8-9-20-14)18(4,5)15(22)23/h8-9,12H,6-7,10-11H2,1-5H3. The molecule has 0 radical (unpaired) electrons. The van der Waals surface area contributed by atoms with Crippen LogP contribution in [0.4, 0.5) is 10.6 Å². The van der Waals surface area contributed by atoms with Gasteiger partial charge in [-0.25, -0.2) is 9.78 Å². The van der Waals surface area contributed by atoms with Crippen LogP contribution in [0, 0.1) is 0 Å². The van der Waals surface area contributed by atoms with Gasteiger partial charge in [0.15, 0.2) is 5.82 Å². The summed E-state index contributed by atoms with van der Waals surface area (Å²) in [5.74, 6) is 0.692. The minimum Gasteiger partial charge on any atom is -0.444 e. The van der Waals surface area contributed by atoms with Gasteiger partial charge in [0, 0.05) is 31.5 Å². The third-order valence-corrected chi connectivity index (χ3v) is 4.73. The van der Waals surface area contributed by atoms with E-state index in [0.717, 1.165) is 5.69 Å². The number of piperidine rings is 1. The molecule has 7 heteroatoms. The number of ether oxygens (including phenoxy) is 1. The Morgan fingerprint density at radius 3 is 2.40 bits per heavy atom. The van der Waals surface area contributed by atoms with Crippen LogP contribution in [0.1, 0.15) is 53.2 Å². The zero-order chi connectivity index (χ0) is 18.4. The first kappa shape index (κ1) is 17.6. The van der Waals surface area contributed by atoms with E-state index in [0.29, 0.717) is 31.7 Å². The molecule has 25 heavy (non-hydrogen) atoms. The van der Waals surface area contributed by atoms with E-state index in [1.807, 2.05) is 34.6 Å². The van der Waals surface area contributed by atoms with Crippen molar-refractivity contribution in [2.75, 3.05) is 18.0 Å². The molecule has 0 atom stereocenters. The van der Waals surface area contributed by atoms with Crippen molar-refractivity contribution in [3.8, 4) is 0 Å². The maximum absolute atomic E-state index is 12.9. The molecule has 1 fully saturated rings. The summed E-state index contributed by atoms with van der Waals surface area (Å²) in [5.41, 5.74) is -0.432. The van der Waals surface area contributed by atoms with Gasteiger partial charge in [0.25, 0.3) is 0 Å². The monoisotopic (exact) mass is 346 g/mol. The Hall–Kier alpha value is -2.18. The predicted octanol–water partition coefficient (Wildman–Crippen LogP) is 2.50. The van der Waals surface area contributed by atoms with Crippen molar-refractivity contribution in [1.82, 2.24) is 14.9 Å². The number of hydrogen-bond acceptors (Lipinski definition) is 5. The molecule has 0 aliphatic carbocycles. The molecule has 3 heterocycles. The number of anilines is 1. The third kappa shape index (κ3) is 3.19. The van der Waals surface area contributed by atoms with Crippen molar-refractivity contribution in [1.29, 1.82) is 0 Å². The summed E-state index contributed by atoms with van der Waals surface area (Å²) < 4.78 is 5.43. The highest BCUT2D eigenvalue weighted by molar-refractivity contribution is 6.06. The number of rotatable bonds is 1. The van der Waals surface area contributed by atoms with E-state index in [2.05, 4.69) is 9.97 Å². The van der Waals surface area contributed by atoms with Gasteiger partial charge in [-0.3, -0.25) is 14.7 Å². The minimum atomic E-state index is -0.661. The second-order valence-corrected chi connectivity index (χ2v) is 8.23. The molecule has 1 saturated heterocycles. The number of nitrogens with zero attached hydrogens (tertiary/aromatic N) is 4. The summed E-state index contributed by atoms with van der Waals surface area (Å²) in [7, 11) is 0. The molecular weight excluding hydrogens is 320 g/mol. The number of hydrogen-bond donors (Lipinski definition) is 0.